The van der Waals surface area contributed by atoms with Crippen LogP contribution < -0.4 is 10.6 Å². The first-order valence-corrected chi connectivity index (χ1v) is 5.32. The minimum absolute atomic E-state index is 0.293. The molecule has 0 radical (unpaired) electrons. The molecule has 1 aromatic carbocycles. The van der Waals surface area contributed by atoms with Gasteiger partial charge in [-0.05, 0) is 19.1 Å². The molecule has 0 atom stereocenters. The number of aromatic nitrogens is 2. The van der Waals surface area contributed by atoms with Crippen molar-refractivity contribution < 1.29 is 4.39 Å². The Labute approximate surface area is 98.9 Å². The summed E-state index contributed by atoms with van der Waals surface area (Å²) in [5.74, 6) is 0.563. The summed E-state index contributed by atoms with van der Waals surface area (Å²) in [6.07, 6.45) is 3.02. The Kier molecular flexibility index (Phi) is 3.18. The molecule has 0 spiro atoms. The number of rotatable bonds is 3. The third-order valence-corrected chi connectivity index (χ3v) is 2.38. The van der Waals surface area contributed by atoms with Gasteiger partial charge in [0, 0.05) is 6.54 Å². The molecule has 2 rings (SSSR count). The molecule has 88 valence electrons. The molecule has 2 aromatic rings. The van der Waals surface area contributed by atoms with E-state index in [1.807, 2.05) is 6.92 Å². The summed E-state index contributed by atoms with van der Waals surface area (Å²) in [4.78, 5) is 9.81. The highest BCUT2D eigenvalue weighted by Crippen LogP contribution is 2.25. The van der Waals surface area contributed by atoms with Gasteiger partial charge in [0.25, 0.3) is 0 Å². The summed E-state index contributed by atoms with van der Waals surface area (Å²) in [5.41, 5.74) is 6.04. The lowest BCUT2D eigenvalue weighted by molar-refractivity contribution is 0.625. The number of halogens is 1. The number of nitrogens with zero attached hydrogens (tertiary/aromatic N) is 3. The number of nitrogens with two attached hydrogens (primary N) is 1. The van der Waals surface area contributed by atoms with E-state index in [9.17, 15) is 4.39 Å². The maximum absolute atomic E-state index is 13.7. The van der Waals surface area contributed by atoms with Gasteiger partial charge in [-0.3, -0.25) is 4.98 Å². The molecule has 0 unspecified atom stereocenters. The Balaban J connectivity index is 2.44. The van der Waals surface area contributed by atoms with Gasteiger partial charge in [-0.1, -0.05) is 12.1 Å². The van der Waals surface area contributed by atoms with Crippen LogP contribution in [-0.2, 0) is 0 Å². The minimum Gasteiger partial charge on any atom is -0.382 e. The van der Waals surface area contributed by atoms with Gasteiger partial charge in [0.1, 0.15) is 11.6 Å². The largest absolute Gasteiger partial charge is 0.382 e. The Morgan fingerprint density at radius 1 is 1.29 bits per heavy atom. The molecule has 0 saturated heterocycles. The molecular weight excluding hydrogens is 219 g/mol. The van der Waals surface area contributed by atoms with Gasteiger partial charge in [-0.15, -0.1) is 0 Å². The van der Waals surface area contributed by atoms with E-state index in [1.54, 1.807) is 29.3 Å². The summed E-state index contributed by atoms with van der Waals surface area (Å²) < 4.78 is 13.7. The van der Waals surface area contributed by atoms with Gasteiger partial charge >= 0.3 is 0 Å². The van der Waals surface area contributed by atoms with Gasteiger partial charge in [-0.25, -0.2) is 9.37 Å². The van der Waals surface area contributed by atoms with E-state index >= 15 is 0 Å². The molecule has 1 aromatic heterocycles. The van der Waals surface area contributed by atoms with Crippen molar-refractivity contribution in [3.8, 4) is 0 Å². The first-order chi connectivity index (χ1) is 8.22. The summed E-state index contributed by atoms with van der Waals surface area (Å²) in [5, 5.41) is 0. The molecule has 4 nitrogen and oxygen atoms in total. The van der Waals surface area contributed by atoms with Crippen LogP contribution in [0.15, 0.2) is 36.7 Å². The second-order valence-electron chi connectivity index (χ2n) is 3.50. The molecule has 0 amide bonds. The Bertz CT molecular complexity index is 515. The quantitative estimate of drug-likeness (QED) is 0.882. The highest BCUT2D eigenvalue weighted by Gasteiger charge is 2.12. The third kappa shape index (κ3) is 2.33. The van der Waals surface area contributed by atoms with Gasteiger partial charge in [0.2, 0.25) is 0 Å². The zero-order valence-electron chi connectivity index (χ0n) is 9.47. The fourth-order valence-corrected chi connectivity index (χ4v) is 1.63. The Hall–Kier alpha value is -2.17. The smallest absolute Gasteiger partial charge is 0.154 e. The van der Waals surface area contributed by atoms with Crippen molar-refractivity contribution in [3.05, 3.63) is 42.5 Å². The average Bonchev–Trinajstić information content (AvgIpc) is 2.33. The first kappa shape index (κ1) is 11.3. The molecule has 17 heavy (non-hydrogen) atoms. The highest BCUT2D eigenvalue weighted by molar-refractivity contribution is 5.60. The topological polar surface area (TPSA) is 55.0 Å². The second-order valence-corrected chi connectivity index (χ2v) is 3.50. The van der Waals surface area contributed by atoms with E-state index in [1.165, 1.54) is 12.3 Å². The fourth-order valence-electron chi connectivity index (χ4n) is 1.63. The molecular formula is C12H13FN4. The number of nitrogen functional groups attached to an aromatic ring is 1. The van der Waals surface area contributed by atoms with E-state index < -0.39 is 0 Å². The van der Waals surface area contributed by atoms with Crippen molar-refractivity contribution in [3.63, 3.8) is 0 Å². The van der Waals surface area contributed by atoms with Crippen molar-refractivity contribution in [2.24, 2.45) is 0 Å². The number of benzene rings is 1. The minimum atomic E-state index is -0.293. The lowest BCUT2D eigenvalue weighted by atomic mass is 10.2. The second kappa shape index (κ2) is 4.78. The number of hydrogen-bond acceptors (Lipinski definition) is 4. The zero-order valence-corrected chi connectivity index (χ0v) is 9.47. The number of para-hydroxylation sites is 1. The number of anilines is 3. The van der Waals surface area contributed by atoms with Crippen LogP contribution in [-0.4, -0.2) is 16.5 Å². The van der Waals surface area contributed by atoms with Crippen LogP contribution in [0.1, 0.15) is 6.92 Å². The summed E-state index contributed by atoms with van der Waals surface area (Å²) >= 11 is 0. The predicted molar refractivity (Wildman–Crippen MR) is 65.5 cm³/mol. The zero-order chi connectivity index (χ0) is 12.3. The van der Waals surface area contributed by atoms with Crippen molar-refractivity contribution in [1.29, 1.82) is 0 Å². The monoisotopic (exact) mass is 232 g/mol. The molecule has 0 saturated carbocycles. The normalized spacial score (nSPS) is 10.2. The highest BCUT2D eigenvalue weighted by atomic mass is 19.1. The first-order valence-electron chi connectivity index (χ1n) is 5.32. The van der Waals surface area contributed by atoms with Crippen molar-refractivity contribution in [2.45, 2.75) is 6.92 Å². The van der Waals surface area contributed by atoms with Crippen LogP contribution in [0.2, 0.25) is 0 Å². The van der Waals surface area contributed by atoms with E-state index in [-0.39, 0.29) is 5.82 Å². The molecule has 2 N–H and O–H groups in total. The molecule has 0 aliphatic carbocycles. The molecule has 0 bridgehead atoms. The molecule has 5 heteroatoms. The molecule has 0 aliphatic heterocycles. The van der Waals surface area contributed by atoms with Crippen molar-refractivity contribution >= 4 is 17.3 Å². The van der Waals surface area contributed by atoms with Crippen LogP contribution in [0.4, 0.5) is 21.7 Å². The summed E-state index contributed by atoms with van der Waals surface area (Å²) in [7, 11) is 0. The van der Waals surface area contributed by atoms with Crippen LogP contribution >= 0.6 is 0 Å². The predicted octanol–water partition coefficient (Wildman–Crippen LogP) is 2.36. The maximum Gasteiger partial charge on any atom is 0.154 e. The fraction of sp³-hybridized carbons (Fsp3) is 0.167. The van der Waals surface area contributed by atoms with Crippen LogP contribution in [0, 0.1) is 5.82 Å². The average molecular weight is 232 g/mol. The van der Waals surface area contributed by atoms with E-state index in [0.717, 1.165) is 0 Å². The van der Waals surface area contributed by atoms with Gasteiger partial charge < -0.3 is 10.6 Å². The number of hydrogen-bond donors (Lipinski definition) is 1. The molecule has 0 fully saturated rings. The third-order valence-electron chi connectivity index (χ3n) is 2.38. The van der Waals surface area contributed by atoms with Gasteiger partial charge in [0.15, 0.2) is 5.82 Å². The lowest BCUT2D eigenvalue weighted by Gasteiger charge is -2.22. The Morgan fingerprint density at radius 3 is 2.71 bits per heavy atom. The molecule has 0 aliphatic rings. The SMILES string of the molecule is CCN(c1cncc(N)n1)c1ccccc1F. The standard InChI is InChI=1S/C12H13FN4/c1-2-17(10-6-4-3-5-9(10)13)12-8-15-7-11(14)16-12/h3-8H,2H2,1H3,(H2,14,16). The van der Waals surface area contributed by atoms with Gasteiger partial charge in [0.05, 0.1) is 18.1 Å². The van der Waals surface area contributed by atoms with Crippen molar-refractivity contribution in [2.75, 3.05) is 17.2 Å². The van der Waals surface area contributed by atoms with E-state index in [4.69, 9.17) is 5.73 Å². The van der Waals surface area contributed by atoms with E-state index in [0.29, 0.717) is 23.9 Å². The van der Waals surface area contributed by atoms with Gasteiger partial charge in [-0.2, -0.15) is 0 Å². The molecule has 1 heterocycles. The van der Waals surface area contributed by atoms with E-state index in [2.05, 4.69) is 9.97 Å². The summed E-state index contributed by atoms with van der Waals surface area (Å²) in [6.45, 7) is 2.50. The lowest BCUT2D eigenvalue weighted by Crippen LogP contribution is -2.19. The van der Waals surface area contributed by atoms with Crippen LogP contribution in [0.25, 0.3) is 0 Å². The van der Waals surface area contributed by atoms with Crippen molar-refractivity contribution in [1.82, 2.24) is 9.97 Å². The van der Waals surface area contributed by atoms with Crippen LogP contribution in [0.5, 0.6) is 0 Å². The van der Waals surface area contributed by atoms with Crippen LogP contribution in [0.3, 0.4) is 0 Å². The Morgan fingerprint density at radius 2 is 2.06 bits per heavy atom. The summed E-state index contributed by atoms with van der Waals surface area (Å²) in [6, 6.07) is 6.54. The maximum atomic E-state index is 13.7.